The normalized spacial score (nSPS) is 22.5. The Kier molecular flexibility index (Phi) is 5.70. The van der Waals surface area contributed by atoms with Crippen LogP contribution in [0, 0.1) is 5.92 Å². The minimum Gasteiger partial charge on any atom is -0.326 e. The largest absolute Gasteiger partial charge is 0.326 e. The summed E-state index contributed by atoms with van der Waals surface area (Å²) in [5.41, 5.74) is 0.843. The van der Waals surface area contributed by atoms with Crippen LogP contribution in [0.2, 0.25) is 0 Å². The van der Waals surface area contributed by atoms with Gasteiger partial charge in [-0.05, 0) is 37.9 Å². The molecule has 1 aliphatic rings. The van der Waals surface area contributed by atoms with Crippen LogP contribution < -0.4 is 10.6 Å². The number of anilines is 1. The maximum atomic E-state index is 10.5. The number of hydrogen-bond donors (Lipinski definition) is 2. The smallest absolute Gasteiger partial charge is 0.221 e. The van der Waals surface area contributed by atoms with Crippen molar-refractivity contribution in [2.45, 2.75) is 33.2 Å². The Bertz CT molecular complexity index is 329. The van der Waals surface area contributed by atoms with Gasteiger partial charge in [-0.2, -0.15) is 0 Å². The SMILES string of the molecule is CC(=O)Nc1ccccc1.CC1CN[C@H](C)C1. The lowest BCUT2D eigenvalue weighted by molar-refractivity contribution is -0.114. The average molecular weight is 234 g/mol. The molecule has 1 aliphatic heterocycles. The predicted molar refractivity (Wildman–Crippen MR) is 72.0 cm³/mol. The van der Waals surface area contributed by atoms with E-state index >= 15 is 0 Å². The summed E-state index contributed by atoms with van der Waals surface area (Å²) in [4.78, 5) is 10.5. The van der Waals surface area contributed by atoms with Crippen molar-refractivity contribution in [2.24, 2.45) is 5.92 Å². The van der Waals surface area contributed by atoms with E-state index in [0.717, 1.165) is 17.6 Å². The maximum Gasteiger partial charge on any atom is 0.221 e. The van der Waals surface area contributed by atoms with Crippen LogP contribution >= 0.6 is 0 Å². The topological polar surface area (TPSA) is 41.1 Å². The molecule has 94 valence electrons. The Morgan fingerprint density at radius 2 is 1.94 bits per heavy atom. The van der Waals surface area contributed by atoms with Gasteiger partial charge in [0.25, 0.3) is 0 Å². The third kappa shape index (κ3) is 6.07. The Balaban J connectivity index is 0.000000181. The molecule has 0 saturated carbocycles. The molecule has 2 rings (SSSR count). The van der Waals surface area contributed by atoms with Gasteiger partial charge in [0.1, 0.15) is 0 Å². The molecule has 1 unspecified atom stereocenters. The van der Waals surface area contributed by atoms with Crippen LogP contribution in [-0.2, 0) is 4.79 Å². The number of amides is 1. The Labute approximate surface area is 104 Å². The molecule has 3 heteroatoms. The first-order chi connectivity index (χ1) is 8.08. The van der Waals surface area contributed by atoms with Gasteiger partial charge in [0.2, 0.25) is 5.91 Å². The highest BCUT2D eigenvalue weighted by Crippen LogP contribution is 2.10. The molecule has 2 atom stereocenters. The Hall–Kier alpha value is -1.35. The lowest BCUT2D eigenvalue weighted by Gasteiger charge is -1.98. The zero-order valence-electron chi connectivity index (χ0n) is 10.9. The molecule has 1 aromatic rings. The van der Waals surface area contributed by atoms with Gasteiger partial charge in [-0.15, -0.1) is 0 Å². The first kappa shape index (κ1) is 13.7. The van der Waals surface area contributed by atoms with Crippen molar-refractivity contribution in [3.05, 3.63) is 30.3 Å². The van der Waals surface area contributed by atoms with Crippen molar-refractivity contribution >= 4 is 11.6 Å². The van der Waals surface area contributed by atoms with Crippen LogP contribution in [-0.4, -0.2) is 18.5 Å². The minimum atomic E-state index is -0.0359. The fourth-order valence-corrected chi connectivity index (χ4v) is 1.90. The zero-order chi connectivity index (χ0) is 12.7. The second kappa shape index (κ2) is 7.07. The van der Waals surface area contributed by atoms with Gasteiger partial charge in [-0.25, -0.2) is 0 Å². The van der Waals surface area contributed by atoms with Gasteiger partial charge in [-0.3, -0.25) is 4.79 Å². The van der Waals surface area contributed by atoms with Crippen LogP contribution in [0.1, 0.15) is 27.2 Å². The van der Waals surface area contributed by atoms with Gasteiger partial charge in [-0.1, -0.05) is 25.1 Å². The summed E-state index contributed by atoms with van der Waals surface area (Å²) in [7, 11) is 0. The van der Waals surface area contributed by atoms with E-state index in [-0.39, 0.29) is 5.91 Å². The van der Waals surface area contributed by atoms with Crippen molar-refractivity contribution in [1.82, 2.24) is 5.32 Å². The first-order valence-electron chi connectivity index (χ1n) is 6.14. The highest BCUT2D eigenvalue weighted by atomic mass is 16.1. The Morgan fingerprint density at radius 1 is 1.29 bits per heavy atom. The molecule has 1 amide bonds. The summed E-state index contributed by atoms with van der Waals surface area (Å²) < 4.78 is 0. The minimum absolute atomic E-state index is 0.0359. The number of nitrogens with one attached hydrogen (secondary N) is 2. The predicted octanol–water partition coefficient (Wildman–Crippen LogP) is 2.65. The first-order valence-corrected chi connectivity index (χ1v) is 6.14. The number of para-hydroxylation sites is 1. The maximum absolute atomic E-state index is 10.5. The van der Waals surface area contributed by atoms with Gasteiger partial charge in [0, 0.05) is 18.7 Å². The molecule has 17 heavy (non-hydrogen) atoms. The molecule has 3 nitrogen and oxygen atoms in total. The van der Waals surface area contributed by atoms with E-state index < -0.39 is 0 Å². The zero-order valence-corrected chi connectivity index (χ0v) is 10.9. The standard InChI is InChI=1S/C8H9NO.C6H13N/c1-7(10)9-8-5-3-2-4-6-8;1-5-3-6(2)7-4-5/h2-6H,1H3,(H,9,10);5-7H,3-4H2,1-2H3/t;5?,6-/m.1/s1. The van der Waals surface area contributed by atoms with Gasteiger partial charge < -0.3 is 10.6 Å². The highest BCUT2D eigenvalue weighted by Gasteiger charge is 2.14. The van der Waals surface area contributed by atoms with Crippen LogP contribution in [0.3, 0.4) is 0 Å². The molecule has 2 N–H and O–H groups in total. The lowest BCUT2D eigenvalue weighted by Crippen LogP contribution is -2.16. The van der Waals surface area contributed by atoms with Crippen LogP contribution in [0.5, 0.6) is 0 Å². The van der Waals surface area contributed by atoms with Gasteiger partial charge >= 0.3 is 0 Å². The number of rotatable bonds is 1. The molecule has 0 spiro atoms. The molecule has 0 aromatic heterocycles. The average Bonchev–Trinajstić information content (AvgIpc) is 2.64. The summed E-state index contributed by atoms with van der Waals surface area (Å²) >= 11 is 0. The van der Waals surface area contributed by atoms with Crippen LogP contribution in [0.4, 0.5) is 5.69 Å². The van der Waals surface area contributed by atoms with Gasteiger partial charge in [0.15, 0.2) is 0 Å². The van der Waals surface area contributed by atoms with Crippen molar-refractivity contribution in [3.8, 4) is 0 Å². The molecule has 0 bridgehead atoms. The molecular formula is C14H22N2O. The summed E-state index contributed by atoms with van der Waals surface area (Å²) in [5.74, 6) is 0.876. The number of carbonyl (C=O) groups excluding carboxylic acids is 1. The highest BCUT2D eigenvalue weighted by molar-refractivity contribution is 5.88. The molecular weight excluding hydrogens is 212 g/mol. The second-order valence-corrected chi connectivity index (χ2v) is 4.70. The third-order valence-corrected chi connectivity index (χ3v) is 2.66. The van der Waals surface area contributed by atoms with Crippen molar-refractivity contribution in [3.63, 3.8) is 0 Å². The molecule has 0 radical (unpaired) electrons. The van der Waals surface area contributed by atoms with Crippen LogP contribution in [0.15, 0.2) is 30.3 Å². The molecule has 0 aliphatic carbocycles. The second-order valence-electron chi connectivity index (χ2n) is 4.70. The number of hydrogen-bond acceptors (Lipinski definition) is 2. The summed E-state index contributed by atoms with van der Waals surface area (Å²) in [6.07, 6.45) is 1.36. The van der Waals surface area contributed by atoms with Crippen LogP contribution in [0.25, 0.3) is 0 Å². The fourth-order valence-electron chi connectivity index (χ4n) is 1.90. The van der Waals surface area contributed by atoms with Crippen molar-refractivity contribution in [1.29, 1.82) is 0 Å². The van der Waals surface area contributed by atoms with E-state index in [2.05, 4.69) is 24.5 Å². The lowest BCUT2D eigenvalue weighted by atomic mass is 10.1. The Morgan fingerprint density at radius 3 is 2.29 bits per heavy atom. The number of benzene rings is 1. The summed E-state index contributed by atoms with van der Waals surface area (Å²) in [6, 6.07) is 10.1. The quantitative estimate of drug-likeness (QED) is 0.784. The summed E-state index contributed by atoms with van der Waals surface area (Å²) in [6.45, 7) is 7.24. The molecule has 1 saturated heterocycles. The van der Waals surface area contributed by atoms with E-state index in [1.807, 2.05) is 30.3 Å². The van der Waals surface area contributed by atoms with E-state index in [1.54, 1.807) is 0 Å². The summed E-state index contributed by atoms with van der Waals surface area (Å²) in [5, 5.41) is 6.04. The monoisotopic (exact) mass is 234 g/mol. The third-order valence-electron chi connectivity index (χ3n) is 2.66. The molecule has 1 aromatic carbocycles. The van der Waals surface area contributed by atoms with Crippen molar-refractivity contribution < 1.29 is 4.79 Å². The van der Waals surface area contributed by atoms with E-state index in [9.17, 15) is 4.79 Å². The van der Waals surface area contributed by atoms with Crippen molar-refractivity contribution in [2.75, 3.05) is 11.9 Å². The molecule has 1 heterocycles. The van der Waals surface area contributed by atoms with E-state index in [1.165, 1.54) is 19.9 Å². The fraction of sp³-hybridized carbons (Fsp3) is 0.500. The molecule has 1 fully saturated rings. The van der Waals surface area contributed by atoms with Gasteiger partial charge in [0.05, 0.1) is 0 Å². The van der Waals surface area contributed by atoms with E-state index in [0.29, 0.717) is 0 Å². The van der Waals surface area contributed by atoms with E-state index in [4.69, 9.17) is 0 Å². The number of carbonyl (C=O) groups is 1.